The molecule has 3 aromatic rings. The van der Waals surface area contributed by atoms with Gasteiger partial charge in [-0.15, -0.1) is 0 Å². The van der Waals surface area contributed by atoms with Crippen molar-refractivity contribution >= 4 is 11.7 Å². The number of rotatable bonds is 5. The van der Waals surface area contributed by atoms with E-state index in [0.29, 0.717) is 19.3 Å². The fourth-order valence-electron chi connectivity index (χ4n) is 3.69. The average molecular weight is 356 g/mol. The monoisotopic (exact) mass is 356 g/mol. The second kappa shape index (κ2) is 7.16. The highest BCUT2D eigenvalue weighted by Gasteiger charge is 2.20. The topological polar surface area (TPSA) is 73.1 Å². The number of hydrogen-bond donors (Lipinski definition) is 1. The summed E-state index contributed by atoms with van der Waals surface area (Å²) in [6.45, 7) is 0. The Balaban J connectivity index is 1.62. The SMILES string of the molecule is NC(=O)C(Cc1cncc(-c2ccc3c(c2)CC(=O)C3)c1)c1ccccc1. The molecule has 134 valence electrons. The van der Waals surface area contributed by atoms with Crippen LogP contribution in [0.4, 0.5) is 0 Å². The van der Waals surface area contributed by atoms with Crippen LogP contribution in [0.3, 0.4) is 0 Å². The van der Waals surface area contributed by atoms with E-state index in [1.165, 1.54) is 0 Å². The molecule has 1 aliphatic carbocycles. The number of fused-ring (bicyclic) bond motifs is 1. The Morgan fingerprint density at radius 1 is 0.963 bits per heavy atom. The lowest BCUT2D eigenvalue weighted by molar-refractivity contribution is -0.119. The van der Waals surface area contributed by atoms with E-state index < -0.39 is 0 Å². The van der Waals surface area contributed by atoms with Gasteiger partial charge in [0.15, 0.2) is 0 Å². The molecule has 1 amide bonds. The lowest BCUT2D eigenvalue weighted by Gasteiger charge is -2.14. The molecule has 0 radical (unpaired) electrons. The summed E-state index contributed by atoms with van der Waals surface area (Å²) in [7, 11) is 0. The molecule has 27 heavy (non-hydrogen) atoms. The van der Waals surface area contributed by atoms with Gasteiger partial charge < -0.3 is 5.73 Å². The summed E-state index contributed by atoms with van der Waals surface area (Å²) >= 11 is 0. The van der Waals surface area contributed by atoms with Crippen molar-refractivity contribution in [1.82, 2.24) is 4.98 Å². The van der Waals surface area contributed by atoms with Gasteiger partial charge in [0, 0.05) is 30.8 Å². The number of amides is 1. The van der Waals surface area contributed by atoms with Crippen LogP contribution < -0.4 is 5.73 Å². The van der Waals surface area contributed by atoms with Crippen molar-refractivity contribution in [2.45, 2.75) is 25.2 Å². The minimum absolute atomic E-state index is 0.265. The summed E-state index contributed by atoms with van der Waals surface area (Å²) in [5.74, 6) is -0.468. The molecule has 0 bridgehead atoms. The Hall–Kier alpha value is -3.27. The van der Waals surface area contributed by atoms with Gasteiger partial charge in [-0.05, 0) is 40.3 Å². The molecule has 1 heterocycles. The molecule has 2 aromatic carbocycles. The van der Waals surface area contributed by atoms with E-state index in [0.717, 1.165) is 33.4 Å². The molecule has 1 aliphatic rings. The Kier molecular flexibility index (Phi) is 4.55. The van der Waals surface area contributed by atoms with Gasteiger partial charge in [-0.2, -0.15) is 0 Å². The van der Waals surface area contributed by atoms with Crippen LogP contribution in [-0.2, 0) is 28.9 Å². The largest absolute Gasteiger partial charge is 0.369 e. The molecule has 4 rings (SSSR count). The molecule has 0 saturated carbocycles. The molecule has 1 aromatic heterocycles. The van der Waals surface area contributed by atoms with Crippen molar-refractivity contribution in [1.29, 1.82) is 0 Å². The highest BCUT2D eigenvalue weighted by molar-refractivity contribution is 5.88. The number of hydrogen-bond acceptors (Lipinski definition) is 3. The zero-order valence-electron chi connectivity index (χ0n) is 14.9. The average Bonchev–Trinajstić information content (AvgIpc) is 3.06. The maximum atomic E-state index is 12.0. The van der Waals surface area contributed by atoms with Crippen LogP contribution in [0.25, 0.3) is 11.1 Å². The number of Topliss-reactive ketones (excluding diaryl/α,β-unsaturated/α-hetero) is 1. The van der Waals surface area contributed by atoms with Crippen molar-refractivity contribution in [3.63, 3.8) is 0 Å². The van der Waals surface area contributed by atoms with E-state index in [1.54, 1.807) is 6.20 Å². The van der Waals surface area contributed by atoms with Crippen LogP contribution in [-0.4, -0.2) is 16.7 Å². The van der Waals surface area contributed by atoms with Gasteiger partial charge in [0.2, 0.25) is 5.91 Å². The number of pyridine rings is 1. The van der Waals surface area contributed by atoms with Crippen LogP contribution in [0.15, 0.2) is 67.0 Å². The number of nitrogens with two attached hydrogens (primary N) is 1. The third-order valence-electron chi connectivity index (χ3n) is 5.09. The van der Waals surface area contributed by atoms with Crippen molar-refractivity contribution in [3.8, 4) is 11.1 Å². The Morgan fingerprint density at radius 3 is 2.52 bits per heavy atom. The molecule has 1 atom stereocenters. The standard InChI is InChI=1S/C23H20N2O2/c24-23(27)22(16-4-2-1-3-5-16)9-15-8-20(14-25-13-15)17-6-7-18-11-21(26)12-19(18)10-17/h1-8,10,13-14,22H,9,11-12H2,(H2,24,27). The molecular formula is C23H20N2O2. The first-order valence-corrected chi connectivity index (χ1v) is 9.02. The first-order chi connectivity index (χ1) is 13.1. The van der Waals surface area contributed by atoms with E-state index >= 15 is 0 Å². The highest BCUT2D eigenvalue weighted by Crippen LogP contribution is 2.28. The number of primary amides is 1. The summed E-state index contributed by atoms with van der Waals surface area (Å²) in [6, 6.07) is 17.8. The first kappa shape index (κ1) is 17.2. The number of benzene rings is 2. The van der Waals surface area contributed by atoms with Crippen LogP contribution in [0.2, 0.25) is 0 Å². The molecule has 0 aliphatic heterocycles. The summed E-state index contributed by atoms with van der Waals surface area (Å²) in [5, 5.41) is 0. The lowest BCUT2D eigenvalue weighted by Crippen LogP contribution is -2.23. The van der Waals surface area contributed by atoms with E-state index in [9.17, 15) is 9.59 Å². The number of carbonyl (C=O) groups excluding carboxylic acids is 2. The van der Waals surface area contributed by atoms with Crippen LogP contribution in [0, 0.1) is 0 Å². The maximum absolute atomic E-state index is 12.0. The minimum Gasteiger partial charge on any atom is -0.369 e. The van der Waals surface area contributed by atoms with Gasteiger partial charge >= 0.3 is 0 Å². The van der Waals surface area contributed by atoms with Crippen molar-refractivity contribution in [2.75, 3.05) is 0 Å². The van der Waals surface area contributed by atoms with Crippen LogP contribution in [0.1, 0.15) is 28.2 Å². The Morgan fingerprint density at radius 2 is 1.74 bits per heavy atom. The summed E-state index contributed by atoms with van der Waals surface area (Å²) in [5.41, 5.74) is 11.7. The predicted molar refractivity (Wildman–Crippen MR) is 104 cm³/mol. The summed E-state index contributed by atoms with van der Waals surface area (Å²) in [4.78, 5) is 28.0. The summed E-state index contributed by atoms with van der Waals surface area (Å²) < 4.78 is 0. The molecule has 2 N–H and O–H groups in total. The predicted octanol–water partition coefficient (Wildman–Crippen LogP) is 3.23. The number of ketones is 1. The van der Waals surface area contributed by atoms with Crippen molar-refractivity contribution in [3.05, 3.63) is 89.2 Å². The smallest absolute Gasteiger partial charge is 0.225 e. The summed E-state index contributed by atoms with van der Waals surface area (Å²) in [6.07, 6.45) is 5.13. The van der Waals surface area contributed by atoms with Gasteiger partial charge in [0.05, 0.1) is 5.92 Å². The van der Waals surface area contributed by atoms with Crippen molar-refractivity contribution in [2.24, 2.45) is 5.73 Å². The van der Waals surface area contributed by atoms with Crippen LogP contribution in [0.5, 0.6) is 0 Å². The van der Waals surface area contributed by atoms with Crippen molar-refractivity contribution < 1.29 is 9.59 Å². The third-order valence-corrected chi connectivity index (χ3v) is 5.09. The van der Waals surface area contributed by atoms with Gasteiger partial charge in [-0.1, -0.05) is 48.5 Å². The van der Waals surface area contributed by atoms with E-state index in [1.807, 2.05) is 54.7 Å². The van der Waals surface area contributed by atoms with Gasteiger partial charge in [-0.25, -0.2) is 0 Å². The second-order valence-corrected chi connectivity index (χ2v) is 7.03. The maximum Gasteiger partial charge on any atom is 0.225 e. The number of carbonyl (C=O) groups is 2. The van der Waals surface area contributed by atoms with E-state index in [4.69, 9.17) is 5.73 Å². The molecule has 0 spiro atoms. The molecule has 4 heteroatoms. The molecule has 1 unspecified atom stereocenters. The molecule has 4 nitrogen and oxygen atoms in total. The second-order valence-electron chi connectivity index (χ2n) is 7.03. The minimum atomic E-state index is -0.388. The molecule has 0 saturated heterocycles. The normalized spacial score (nSPS) is 14.0. The molecular weight excluding hydrogens is 336 g/mol. The van der Waals surface area contributed by atoms with E-state index in [2.05, 4.69) is 11.1 Å². The van der Waals surface area contributed by atoms with E-state index in [-0.39, 0.29) is 17.6 Å². The Bertz CT molecular complexity index is 1010. The lowest BCUT2D eigenvalue weighted by atomic mass is 9.91. The zero-order chi connectivity index (χ0) is 18.8. The fourth-order valence-corrected chi connectivity index (χ4v) is 3.69. The number of aromatic nitrogens is 1. The molecule has 0 fully saturated rings. The highest BCUT2D eigenvalue weighted by atomic mass is 16.1. The third kappa shape index (κ3) is 3.65. The zero-order valence-corrected chi connectivity index (χ0v) is 14.9. The van der Waals surface area contributed by atoms with Crippen LogP contribution >= 0.6 is 0 Å². The van der Waals surface area contributed by atoms with Gasteiger partial charge in [-0.3, -0.25) is 14.6 Å². The van der Waals surface area contributed by atoms with Gasteiger partial charge in [0.1, 0.15) is 5.78 Å². The quantitative estimate of drug-likeness (QED) is 0.763. The first-order valence-electron chi connectivity index (χ1n) is 9.02. The Labute approximate surface area is 158 Å². The number of nitrogens with zero attached hydrogens (tertiary/aromatic N) is 1. The van der Waals surface area contributed by atoms with Gasteiger partial charge in [0.25, 0.3) is 0 Å². The fraction of sp³-hybridized carbons (Fsp3) is 0.174.